The Bertz CT molecular complexity index is 475. The molecule has 2 rings (SSSR count). The topological polar surface area (TPSA) is 66.0 Å². The maximum Gasteiger partial charge on any atom is 0.324 e. The third kappa shape index (κ3) is 3.45. The van der Waals surface area contributed by atoms with Gasteiger partial charge in [-0.15, -0.1) is 0 Å². The molecule has 19 heavy (non-hydrogen) atoms. The zero-order valence-corrected chi connectivity index (χ0v) is 11.5. The van der Waals surface area contributed by atoms with E-state index in [0.29, 0.717) is 18.1 Å². The first-order chi connectivity index (χ1) is 9.08. The van der Waals surface area contributed by atoms with Crippen molar-refractivity contribution in [2.24, 2.45) is 0 Å². The van der Waals surface area contributed by atoms with E-state index in [9.17, 15) is 9.59 Å². The fourth-order valence-electron chi connectivity index (χ4n) is 2.00. The van der Waals surface area contributed by atoms with Gasteiger partial charge < -0.3 is 10.6 Å². The molecule has 1 atom stereocenters. The second-order valence-corrected chi connectivity index (χ2v) is 4.99. The second-order valence-electron chi connectivity index (χ2n) is 4.56. The highest BCUT2D eigenvalue weighted by molar-refractivity contribution is 6.30. The van der Waals surface area contributed by atoms with Crippen LogP contribution >= 0.6 is 11.6 Å². The number of hydrogen-bond acceptors (Lipinski definition) is 2. The summed E-state index contributed by atoms with van der Waals surface area (Å²) >= 11 is 5.83. The largest absolute Gasteiger partial charge is 0.336 e. The maximum atomic E-state index is 11.9. The first kappa shape index (κ1) is 13.8. The van der Waals surface area contributed by atoms with Crippen molar-refractivity contribution in [3.63, 3.8) is 0 Å². The molecule has 0 saturated carbocycles. The summed E-state index contributed by atoms with van der Waals surface area (Å²) in [4.78, 5) is 24.4. The van der Waals surface area contributed by atoms with Crippen molar-refractivity contribution in [3.8, 4) is 0 Å². The fraction of sp³-hybridized carbons (Fsp3) is 0.385. The predicted octanol–water partition coefficient (Wildman–Crippen LogP) is 0.516. The normalized spacial score (nSPS) is 16.3. The van der Waals surface area contributed by atoms with Crippen molar-refractivity contribution in [2.45, 2.75) is 13.0 Å². The Kier molecular flexibility index (Phi) is 4.39. The van der Waals surface area contributed by atoms with Gasteiger partial charge >= 0.3 is 6.03 Å². The van der Waals surface area contributed by atoms with E-state index in [-0.39, 0.29) is 24.5 Å². The van der Waals surface area contributed by atoms with Crippen LogP contribution in [0.1, 0.15) is 18.5 Å². The smallest absolute Gasteiger partial charge is 0.324 e. The number of quaternary nitrogens is 1. The average molecular weight is 283 g/mol. The number of nitrogens with two attached hydrogens (primary N) is 1. The van der Waals surface area contributed by atoms with E-state index < -0.39 is 0 Å². The summed E-state index contributed by atoms with van der Waals surface area (Å²) in [7, 11) is 0. The van der Waals surface area contributed by atoms with E-state index in [1.807, 2.05) is 36.5 Å². The molecule has 6 heteroatoms. The van der Waals surface area contributed by atoms with Gasteiger partial charge in [0.25, 0.3) is 5.91 Å². The highest BCUT2D eigenvalue weighted by Gasteiger charge is 2.27. The van der Waals surface area contributed by atoms with E-state index in [2.05, 4.69) is 5.32 Å². The van der Waals surface area contributed by atoms with Gasteiger partial charge in [0.05, 0.1) is 0 Å². The molecule has 1 aromatic carbocycles. The number of carbonyl (C=O) groups is 2. The highest BCUT2D eigenvalue weighted by Crippen LogP contribution is 2.13. The molecular formula is C13H17ClN3O2+. The fourth-order valence-corrected chi connectivity index (χ4v) is 2.13. The van der Waals surface area contributed by atoms with E-state index in [4.69, 9.17) is 11.6 Å². The summed E-state index contributed by atoms with van der Waals surface area (Å²) in [6.07, 6.45) is 0. The van der Waals surface area contributed by atoms with Crippen LogP contribution in [0.5, 0.6) is 0 Å². The van der Waals surface area contributed by atoms with Crippen LogP contribution in [0.2, 0.25) is 5.02 Å². The quantitative estimate of drug-likeness (QED) is 0.845. The van der Waals surface area contributed by atoms with Crippen molar-refractivity contribution < 1.29 is 14.9 Å². The zero-order valence-electron chi connectivity index (χ0n) is 10.7. The summed E-state index contributed by atoms with van der Waals surface area (Å²) in [5.41, 5.74) is 1.10. The molecule has 1 aliphatic heterocycles. The number of urea groups is 1. The number of carbonyl (C=O) groups excluding carboxylic acids is 2. The van der Waals surface area contributed by atoms with E-state index in [1.165, 1.54) is 4.90 Å². The third-order valence-electron chi connectivity index (χ3n) is 3.20. The molecule has 3 amide bonds. The number of imide groups is 1. The predicted molar refractivity (Wildman–Crippen MR) is 71.8 cm³/mol. The summed E-state index contributed by atoms with van der Waals surface area (Å²) in [5, 5.41) is 5.22. The second kappa shape index (κ2) is 6.04. The van der Waals surface area contributed by atoms with Gasteiger partial charge in [-0.05, 0) is 19.1 Å². The number of rotatable bonds is 4. The first-order valence-corrected chi connectivity index (χ1v) is 6.62. The molecule has 5 nitrogen and oxygen atoms in total. The van der Waals surface area contributed by atoms with Crippen LogP contribution < -0.4 is 10.6 Å². The van der Waals surface area contributed by atoms with E-state index in [0.717, 1.165) is 5.56 Å². The number of benzene rings is 1. The SMILES string of the molecule is C[C@H]([NH2+]CC(=O)N1CCNC1=O)c1ccc(Cl)cc1. The van der Waals surface area contributed by atoms with Crippen LogP contribution in [-0.2, 0) is 4.79 Å². The van der Waals surface area contributed by atoms with Crippen LogP contribution in [0.3, 0.4) is 0 Å². The Morgan fingerprint density at radius 3 is 2.74 bits per heavy atom. The molecule has 0 bridgehead atoms. The number of nitrogens with zero attached hydrogens (tertiary/aromatic N) is 1. The molecule has 3 N–H and O–H groups in total. The van der Waals surface area contributed by atoms with Gasteiger partial charge in [0.1, 0.15) is 6.04 Å². The van der Waals surface area contributed by atoms with Gasteiger partial charge in [-0.3, -0.25) is 9.69 Å². The Balaban J connectivity index is 1.86. The minimum absolute atomic E-state index is 0.145. The number of hydrogen-bond donors (Lipinski definition) is 2. The molecule has 0 spiro atoms. The molecule has 1 aliphatic rings. The number of halogens is 1. The molecule has 0 aliphatic carbocycles. The van der Waals surface area contributed by atoms with Gasteiger partial charge in [0.15, 0.2) is 6.54 Å². The molecule has 0 unspecified atom stereocenters. The Labute approximate surface area is 116 Å². The van der Waals surface area contributed by atoms with E-state index in [1.54, 1.807) is 0 Å². The van der Waals surface area contributed by atoms with Crippen LogP contribution in [0, 0.1) is 0 Å². The van der Waals surface area contributed by atoms with Crippen molar-refractivity contribution in [1.29, 1.82) is 0 Å². The summed E-state index contributed by atoms with van der Waals surface area (Å²) in [6, 6.07) is 7.39. The molecule has 0 aromatic heterocycles. The summed E-state index contributed by atoms with van der Waals surface area (Å²) in [6.45, 7) is 3.27. The van der Waals surface area contributed by atoms with E-state index >= 15 is 0 Å². The number of nitrogens with one attached hydrogen (secondary N) is 1. The average Bonchev–Trinajstić information content (AvgIpc) is 2.83. The Hall–Kier alpha value is -1.59. The van der Waals surface area contributed by atoms with Crippen molar-refractivity contribution in [1.82, 2.24) is 10.2 Å². The maximum absolute atomic E-state index is 11.9. The first-order valence-electron chi connectivity index (χ1n) is 6.25. The standard InChI is InChI=1S/C13H16ClN3O2/c1-9(10-2-4-11(14)5-3-10)16-8-12(18)17-7-6-15-13(17)19/h2-5,9,16H,6-8H2,1H3,(H,15,19)/p+1/t9-/m0/s1. The minimum atomic E-state index is -0.294. The Morgan fingerprint density at radius 2 is 2.16 bits per heavy atom. The van der Waals surface area contributed by atoms with Gasteiger partial charge in [-0.2, -0.15) is 0 Å². The molecule has 1 heterocycles. The van der Waals surface area contributed by atoms with Crippen LogP contribution in [0.25, 0.3) is 0 Å². The monoisotopic (exact) mass is 282 g/mol. The lowest BCUT2D eigenvalue weighted by molar-refractivity contribution is -0.683. The van der Waals surface area contributed by atoms with Gasteiger partial charge in [-0.25, -0.2) is 4.79 Å². The van der Waals surface area contributed by atoms with Crippen molar-refractivity contribution in [3.05, 3.63) is 34.9 Å². The third-order valence-corrected chi connectivity index (χ3v) is 3.45. The van der Waals surface area contributed by atoms with Crippen molar-refractivity contribution in [2.75, 3.05) is 19.6 Å². The van der Waals surface area contributed by atoms with Gasteiger partial charge in [0.2, 0.25) is 0 Å². The lowest BCUT2D eigenvalue weighted by atomic mass is 10.1. The Morgan fingerprint density at radius 1 is 1.47 bits per heavy atom. The minimum Gasteiger partial charge on any atom is -0.336 e. The summed E-state index contributed by atoms with van der Waals surface area (Å²) < 4.78 is 0. The van der Waals surface area contributed by atoms with Crippen LogP contribution in [-0.4, -0.2) is 36.5 Å². The highest BCUT2D eigenvalue weighted by atomic mass is 35.5. The summed E-state index contributed by atoms with van der Waals surface area (Å²) in [5.74, 6) is -0.157. The molecule has 0 radical (unpaired) electrons. The molecule has 1 fully saturated rings. The lowest BCUT2D eigenvalue weighted by Crippen LogP contribution is -2.87. The molecule has 1 aromatic rings. The molecule has 102 valence electrons. The van der Waals surface area contributed by atoms with Crippen LogP contribution in [0.4, 0.5) is 4.79 Å². The van der Waals surface area contributed by atoms with Gasteiger partial charge in [0, 0.05) is 23.7 Å². The molecule has 1 saturated heterocycles. The van der Waals surface area contributed by atoms with Crippen molar-refractivity contribution >= 4 is 23.5 Å². The lowest BCUT2D eigenvalue weighted by Gasteiger charge is -2.14. The molecular weight excluding hydrogens is 266 g/mol. The zero-order chi connectivity index (χ0) is 13.8. The van der Waals surface area contributed by atoms with Crippen LogP contribution in [0.15, 0.2) is 24.3 Å². The van der Waals surface area contributed by atoms with Gasteiger partial charge in [-0.1, -0.05) is 23.7 Å². The number of amides is 3.